The highest BCUT2D eigenvalue weighted by Crippen LogP contribution is 2.33. The number of rotatable bonds is 5. The number of carbonyl (C=O) groups is 1. The maximum Gasteiger partial charge on any atom is 0.221 e. The fourth-order valence-electron chi connectivity index (χ4n) is 3.06. The van der Waals surface area contributed by atoms with Crippen molar-refractivity contribution < 1.29 is 4.79 Å². The van der Waals surface area contributed by atoms with Gasteiger partial charge in [-0.3, -0.25) is 9.78 Å². The van der Waals surface area contributed by atoms with Gasteiger partial charge in [0.2, 0.25) is 5.91 Å². The smallest absolute Gasteiger partial charge is 0.221 e. The molecule has 3 aromatic rings. The van der Waals surface area contributed by atoms with E-state index in [0.717, 1.165) is 40.4 Å². The van der Waals surface area contributed by atoms with E-state index in [1.54, 1.807) is 6.20 Å². The van der Waals surface area contributed by atoms with Crippen molar-refractivity contribution in [1.29, 1.82) is 0 Å². The van der Waals surface area contributed by atoms with Gasteiger partial charge in [0.1, 0.15) is 0 Å². The summed E-state index contributed by atoms with van der Waals surface area (Å²) in [5.41, 5.74) is 10.7. The maximum atomic E-state index is 11.5. The van der Waals surface area contributed by atoms with Crippen LogP contribution in [0.2, 0.25) is 0 Å². The molecule has 1 heterocycles. The first-order valence-electron chi connectivity index (χ1n) is 7.94. The van der Waals surface area contributed by atoms with Crippen molar-refractivity contribution in [2.24, 2.45) is 5.73 Å². The van der Waals surface area contributed by atoms with E-state index in [0.29, 0.717) is 0 Å². The Labute approximate surface area is 136 Å². The average Bonchev–Trinajstić information content (AvgIpc) is 2.55. The van der Waals surface area contributed by atoms with Gasteiger partial charge in [0, 0.05) is 11.6 Å². The Morgan fingerprint density at radius 2 is 1.83 bits per heavy atom. The zero-order chi connectivity index (χ0) is 16.2. The van der Waals surface area contributed by atoms with Gasteiger partial charge in [-0.05, 0) is 28.7 Å². The van der Waals surface area contributed by atoms with E-state index in [1.807, 2.05) is 18.2 Å². The van der Waals surface area contributed by atoms with Gasteiger partial charge >= 0.3 is 0 Å². The van der Waals surface area contributed by atoms with Gasteiger partial charge < -0.3 is 5.73 Å². The molecule has 2 aromatic carbocycles. The van der Waals surface area contributed by atoms with Crippen LogP contribution in [-0.2, 0) is 17.6 Å². The quantitative estimate of drug-likeness (QED) is 0.777. The minimum absolute atomic E-state index is 0.200. The molecule has 3 nitrogen and oxygen atoms in total. The Kier molecular flexibility index (Phi) is 4.38. The second kappa shape index (κ2) is 6.61. The number of fused-ring (bicyclic) bond motifs is 1. The molecular formula is C20H20N2O. The van der Waals surface area contributed by atoms with Crippen LogP contribution in [-0.4, -0.2) is 10.9 Å². The molecule has 0 spiro atoms. The standard InChI is InChI=1S/C20H20N2O/c1-2-7-15-10-6-11-17-19(14-8-4-3-5-9-14)16(12-18(21)23)13-22-20(15)17/h3-6,8-11,13H,2,7,12H2,1H3,(H2,21,23). The Bertz CT molecular complexity index is 841. The van der Waals surface area contributed by atoms with Crippen molar-refractivity contribution >= 4 is 16.8 Å². The van der Waals surface area contributed by atoms with Gasteiger partial charge in [-0.15, -0.1) is 0 Å². The van der Waals surface area contributed by atoms with Crippen LogP contribution in [0.25, 0.3) is 22.0 Å². The molecule has 0 aliphatic rings. The number of nitrogens with two attached hydrogens (primary N) is 1. The molecule has 23 heavy (non-hydrogen) atoms. The van der Waals surface area contributed by atoms with Gasteiger partial charge in [0.05, 0.1) is 11.9 Å². The van der Waals surface area contributed by atoms with Gasteiger partial charge in [-0.25, -0.2) is 0 Å². The van der Waals surface area contributed by atoms with E-state index in [9.17, 15) is 4.79 Å². The minimum atomic E-state index is -0.340. The Hall–Kier alpha value is -2.68. The van der Waals surface area contributed by atoms with Crippen LogP contribution in [0.15, 0.2) is 54.7 Å². The SMILES string of the molecule is CCCc1cccc2c(-c3ccccc3)c(CC(N)=O)cnc12. The number of hydrogen-bond acceptors (Lipinski definition) is 2. The van der Waals surface area contributed by atoms with Crippen LogP contribution in [0.1, 0.15) is 24.5 Å². The molecule has 116 valence electrons. The summed E-state index contributed by atoms with van der Waals surface area (Å²) >= 11 is 0. The number of benzene rings is 2. The highest BCUT2D eigenvalue weighted by molar-refractivity contribution is 5.98. The van der Waals surface area contributed by atoms with E-state index in [-0.39, 0.29) is 12.3 Å². The first-order valence-corrected chi connectivity index (χ1v) is 7.94. The lowest BCUT2D eigenvalue weighted by atomic mass is 9.93. The molecule has 0 radical (unpaired) electrons. The van der Waals surface area contributed by atoms with Crippen molar-refractivity contribution in [1.82, 2.24) is 4.98 Å². The number of para-hydroxylation sites is 1. The lowest BCUT2D eigenvalue weighted by Crippen LogP contribution is -2.14. The summed E-state index contributed by atoms with van der Waals surface area (Å²) in [6.07, 6.45) is 4.07. The first-order chi connectivity index (χ1) is 11.2. The van der Waals surface area contributed by atoms with Crippen molar-refractivity contribution in [2.45, 2.75) is 26.2 Å². The first kappa shape index (κ1) is 15.2. The van der Waals surface area contributed by atoms with Gasteiger partial charge in [-0.2, -0.15) is 0 Å². The molecule has 0 saturated heterocycles. The van der Waals surface area contributed by atoms with Crippen LogP contribution >= 0.6 is 0 Å². The Morgan fingerprint density at radius 1 is 1.04 bits per heavy atom. The maximum absolute atomic E-state index is 11.5. The van der Waals surface area contributed by atoms with E-state index >= 15 is 0 Å². The average molecular weight is 304 g/mol. The number of nitrogens with zero attached hydrogens (tertiary/aromatic N) is 1. The van der Waals surface area contributed by atoms with E-state index in [4.69, 9.17) is 5.73 Å². The molecule has 3 heteroatoms. The number of aryl methyl sites for hydroxylation is 1. The molecule has 0 bridgehead atoms. The summed E-state index contributed by atoms with van der Waals surface area (Å²) in [6.45, 7) is 2.17. The summed E-state index contributed by atoms with van der Waals surface area (Å²) < 4.78 is 0. The summed E-state index contributed by atoms with van der Waals surface area (Å²) in [6, 6.07) is 16.4. The van der Waals surface area contributed by atoms with Gasteiger partial charge in [0.25, 0.3) is 0 Å². The Morgan fingerprint density at radius 3 is 2.52 bits per heavy atom. The number of aromatic nitrogens is 1. The third kappa shape index (κ3) is 3.09. The normalized spacial score (nSPS) is 10.8. The lowest BCUT2D eigenvalue weighted by molar-refractivity contribution is -0.117. The molecule has 3 rings (SSSR count). The van der Waals surface area contributed by atoms with Crippen molar-refractivity contribution in [3.8, 4) is 11.1 Å². The molecule has 1 aromatic heterocycles. The van der Waals surface area contributed by atoms with Gasteiger partial charge in [0.15, 0.2) is 0 Å². The number of carbonyl (C=O) groups excluding carboxylic acids is 1. The molecule has 0 fully saturated rings. The molecule has 0 atom stereocenters. The molecular weight excluding hydrogens is 284 g/mol. The highest BCUT2D eigenvalue weighted by Gasteiger charge is 2.14. The predicted molar refractivity (Wildman–Crippen MR) is 94.1 cm³/mol. The number of pyridine rings is 1. The van der Waals surface area contributed by atoms with E-state index in [1.165, 1.54) is 5.56 Å². The van der Waals surface area contributed by atoms with E-state index < -0.39 is 0 Å². The van der Waals surface area contributed by atoms with Crippen LogP contribution in [0.4, 0.5) is 0 Å². The summed E-state index contributed by atoms with van der Waals surface area (Å²) in [5, 5.41) is 1.08. The second-order valence-electron chi connectivity index (χ2n) is 5.73. The zero-order valence-corrected chi connectivity index (χ0v) is 13.3. The molecule has 0 aliphatic carbocycles. The minimum Gasteiger partial charge on any atom is -0.369 e. The lowest BCUT2D eigenvalue weighted by Gasteiger charge is -2.14. The molecule has 2 N–H and O–H groups in total. The molecule has 0 saturated carbocycles. The highest BCUT2D eigenvalue weighted by atomic mass is 16.1. The largest absolute Gasteiger partial charge is 0.369 e. The summed E-state index contributed by atoms with van der Waals surface area (Å²) in [7, 11) is 0. The van der Waals surface area contributed by atoms with Crippen LogP contribution in [0.3, 0.4) is 0 Å². The molecule has 0 unspecified atom stereocenters. The van der Waals surface area contributed by atoms with Crippen molar-refractivity contribution in [2.75, 3.05) is 0 Å². The summed E-state index contributed by atoms with van der Waals surface area (Å²) in [4.78, 5) is 16.1. The zero-order valence-electron chi connectivity index (χ0n) is 13.3. The Balaban J connectivity index is 2.30. The number of primary amides is 1. The number of hydrogen-bond donors (Lipinski definition) is 1. The van der Waals surface area contributed by atoms with Crippen molar-refractivity contribution in [3.05, 3.63) is 65.9 Å². The fourth-order valence-corrected chi connectivity index (χ4v) is 3.06. The third-order valence-corrected chi connectivity index (χ3v) is 4.01. The van der Waals surface area contributed by atoms with Crippen molar-refractivity contribution in [3.63, 3.8) is 0 Å². The summed E-state index contributed by atoms with van der Waals surface area (Å²) in [5.74, 6) is -0.340. The van der Waals surface area contributed by atoms with Crippen LogP contribution in [0.5, 0.6) is 0 Å². The van der Waals surface area contributed by atoms with E-state index in [2.05, 4.69) is 42.2 Å². The molecule has 0 aliphatic heterocycles. The third-order valence-electron chi connectivity index (χ3n) is 4.01. The topological polar surface area (TPSA) is 56.0 Å². The predicted octanol–water partition coefficient (Wildman–Crippen LogP) is 3.88. The number of amides is 1. The van der Waals surface area contributed by atoms with Crippen LogP contribution in [0, 0.1) is 0 Å². The van der Waals surface area contributed by atoms with Crippen LogP contribution < -0.4 is 5.73 Å². The molecule has 1 amide bonds. The monoisotopic (exact) mass is 304 g/mol. The fraction of sp³-hybridized carbons (Fsp3) is 0.200. The second-order valence-corrected chi connectivity index (χ2v) is 5.73. The van der Waals surface area contributed by atoms with Gasteiger partial charge in [-0.1, -0.05) is 61.9 Å².